The molecule has 1 aromatic heterocycles. The normalized spacial score (nSPS) is 10.8. The Morgan fingerprint density at radius 2 is 2.00 bits per heavy atom. The van der Waals surface area contributed by atoms with E-state index in [4.69, 9.17) is 23.2 Å². The lowest BCUT2D eigenvalue weighted by Crippen LogP contribution is -2.19. The molecule has 1 aromatic carbocycles. The van der Waals surface area contributed by atoms with Crippen molar-refractivity contribution in [2.75, 3.05) is 37.8 Å². The molecule has 0 aliphatic rings. The summed E-state index contributed by atoms with van der Waals surface area (Å²) in [6.07, 6.45) is 0.948. The Labute approximate surface area is 157 Å². The van der Waals surface area contributed by atoms with Crippen LogP contribution in [0.3, 0.4) is 0 Å². The second kappa shape index (κ2) is 8.99. The van der Waals surface area contributed by atoms with Crippen molar-refractivity contribution in [3.63, 3.8) is 0 Å². The van der Waals surface area contributed by atoms with E-state index in [-0.39, 0.29) is 11.6 Å². The lowest BCUT2D eigenvalue weighted by Gasteiger charge is -2.11. The van der Waals surface area contributed by atoms with Gasteiger partial charge in [0.1, 0.15) is 5.69 Å². The number of amides is 1. The molecular formula is C17H21Cl2N5O. The van der Waals surface area contributed by atoms with Crippen molar-refractivity contribution < 1.29 is 4.79 Å². The molecule has 0 spiro atoms. The first-order valence-corrected chi connectivity index (χ1v) is 8.62. The SMILES string of the molecule is Cc1cc(C(=O)Nc2cccc(Cl)c2Cl)nc(NCCCN(C)C)n1. The van der Waals surface area contributed by atoms with Crippen LogP contribution < -0.4 is 10.6 Å². The minimum Gasteiger partial charge on any atom is -0.354 e. The molecule has 2 aromatic rings. The fourth-order valence-electron chi connectivity index (χ4n) is 2.15. The van der Waals surface area contributed by atoms with Crippen LogP contribution in [-0.4, -0.2) is 48.0 Å². The average Bonchev–Trinajstić information content (AvgIpc) is 2.55. The molecule has 134 valence electrons. The fraction of sp³-hybridized carbons (Fsp3) is 0.353. The second-order valence-corrected chi connectivity index (χ2v) is 6.64. The van der Waals surface area contributed by atoms with Crippen LogP contribution in [0.4, 0.5) is 11.6 Å². The van der Waals surface area contributed by atoms with Crippen LogP contribution in [0.15, 0.2) is 24.3 Å². The second-order valence-electron chi connectivity index (χ2n) is 5.86. The monoisotopic (exact) mass is 381 g/mol. The highest BCUT2D eigenvalue weighted by Crippen LogP contribution is 2.29. The van der Waals surface area contributed by atoms with Gasteiger partial charge in [0.25, 0.3) is 5.91 Å². The molecule has 0 saturated heterocycles. The van der Waals surface area contributed by atoms with E-state index < -0.39 is 0 Å². The Balaban J connectivity index is 2.07. The lowest BCUT2D eigenvalue weighted by atomic mass is 10.3. The highest BCUT2D eigenvalue weighted by Gasteiger charge is 2.13. The predicted octanol–water partition coefficient (Wildman–Crippen LogP) is 3.71. The molecule has 0 saturated carbocycles. The van der Waals surface area contributed by atoms with Gasteiger partial charge < -0.3 is 15.5 Å². The van der Waals surface area contributed by atoms with Gasteiger partial charge in [-0.25, -0.2) is 9.97 Å². The van der Waals surface area contributed by atoms with E-state index in [0.29, 0.717) is 27.4 Å². The first-order chi connectivity index (χ1) is 11.9. The smallest absolute Gasteiger partial charge is 0.274 e. The van der Waals surface area contributed by atoms with Crippen LogP contribution in [0.5, 0.6) is 0 Å². The topological polar surface area (TPSA) is 70.2 Å². The molecule has 0 radical (unpaired) electrons. The van der Waals surface area contributed by atoms with Gasteiger partial charge in [-0.3, -0.25) is 4.79 Å². The van der Waals surface area contributed by atoms with Crippen LogP contribution >= 0.6 is 23.2 Å². The number of carbonyl (C=O) groups excluding carboxylic acids is 1. The summed E-state index contributed by atoms with van der Waals surface area (Å²) in [5, 5.41) is 6.54. The Kier molecular flexibility index (Phi) is 6.99. The minimum absolute atomic E-state index is 0.263. The zero-order valence-electron chi connectivity index (χ0n) is 14.4. The van der Waals surface area contributed by atoms with Gasteiger partial charge in [0.05, 0.1) is 15.7 Å². The Bertz CT molecular complexity index is 752. The first-order valence-electron chi connectivity index (χ1n) is 7.86. The Morgan fingerprint density at radius 3 is 2.72 bits per heavy atom. The number of nitrogens with zero attached hydrogens (tertiary/aromatic N) is 3. The van der Waals surface area contributed by atoms with Gasteiger partial charge >= 0.3 is 0 Å². The Hall–Kier alpha value is -1.89. The number of hydrogen-bond donors (Lipinski definition) is 2. The van der Waals surface area contributed by atoms with Crippen LogP contribution in [0, 0.1) is 6.92 Å². The van der Waals surface area contributed by atoms with Crippen molar-refractivity contribution in [2.24, 2.45) is 0 Å². The summed E-state index contributed by atoms with van der Waals surface area (Å²) in [4.78, 5) is 23.2. The number of aryl methyl sites for hydroxylation is 1. The molecule has 0 bridgehead atoms. The van der Waals surface area contributed by atoms with E-state index in [9.17, 15) is 4.79 Å². The summed E-state index contributed by atoms with van der Waals surface area (Å²) in [7, 11) is 4.04. The number of benzene rings is 1. The van der Waals surface area contributed by atoms with Crippen LogP contribution in [0.25, 0.3) is 0 Å². The van der Waals surface area contributed by atoms with Gasteiger partial charge in [-0.05, 0) is 52.2 Å². The number of carbonyl (C=O) groups is 1. The molecule has 0 unspecified atom stereocenters. The van der Waals surface area contributed by atoms with Crippen LogP contribution in [0.2, 0.25) is 10.0 Å². The van der Waals surface area contributed by atoms with Crippen molar-refractivity contribution in [1.82, 2.24) is 14.9 Å². The standard InChI is InChI=1S/C17H21Cl2N5O/c1-11-10-14(23-17(21-11)20-8-5-9-24(2)3)16(25)22-13-7-4-6-12(18)15(13)19/h4,6-7,10H,5,8-9H2,1-3H3,(H,22,25)(H,20,21,23). The van der Waals surface area contributed by atoms with Crippen LogP contribution in [0.1, 0.15) is 22.6 Å². The van der Waals surface area contributed by atoms with Gasteiger partial charge in [0.15, 0.2) is 0 Å². The molecule has 6 nitrogen and oxygen atoms in total. The van der Waals surface area contributed by atoms with Crippen molar-refractivity contribution >= 4 is 40.7 Å². The zero-order valence-corrected chi connectivity index (χ0v) is 15.9. The quantitative estimate of drug-likeness (QED) is 0.715. The summed E-state index contributed by atoms with van der Waals surface area (Å²) < 4.78 is 0. The molecule has 25 heavy (non-hydrogen) atoms. The largest absolute Gasteiger partial charge is 0.354 e. The van der Waals surface area contributed by atoms with E-state index in [2.05, 4.69) is 25.5 Å². The van der Waals surface area contributed by atoms with Crippen LogP contribution in [-0.2, 0) is 0 Å². The number of halogens is 2. The van der Waals surface area contributed by atoms with Crippen molar-refractivity contribution in [3.05, 3.63) is 45.7 Å². The Morgan fingerprint density at radius 1 is 1.24 bits per heavy atom. The third kappa shape index (κ3) is 5.85. The van der Waals surface area contributed by atoms with Crippen molar-refractivity contribution in [2.45, 2.75) is 13.3 Å². The number of rotatable bonds is 7. The molecule has 0 fully saturated rings. The predicted molar refractivity (Wildman–Crippen MR) is 103 cm³/mol. The highest BCUT2D eigenvalue weighted by atomic mass is 35.5. The summed E-state index contributed by atoms with van der Waals surface area (Å²) in [5.41, 5.74) is 1.40. The summed E-state index contributed by atoms with van der Waals surface area (Å²) >= 11 is 12.1. The van der Waals surface area contributed by atoms with E-state index >= 15 is 0 Å². The average molecular weight is 382 g/mol. The molecule has 2 N–H and O–H groups in total. The van der Waals surface area contributed by atoms with Gasteiger partial charge in [0, 0.05) is 12.2 Å². The number of hydrogen-bond acceptors (Lipinski definition) is 5. The number of nitrogens with one attached hydrogen (secondary N) is 2. The van der Waals surface area contributed by atoms with Crippen molar-refractivity contribution in [3.8, 4) is 0 Å². The van der Waals surface area contributed by atoms with Gasteiger partial charge in [-0.1, -0.05) is 29.3 Å². The molecular weight excluding hydrogens is 361 g/mol. The molecule has 8 heteroatoms. The maximum atomic E-state index is 12.5. The fourth-order valence-corrected chi connectivity index (χ4v) is 2.49. The number of anilines is 2. The lowest BCUT2D eigenvalue weighted by molar-refractivity contribution is 0.102. The van der Waals surface area contributed by atoms with Crippen molar-refractivity contribution in [1.29, 1.82) is 0 Å². The molecule has 1 heterocycles. The van der Waals surface area contributed by atoms with E-state index in [1.54, 1.807) is 24.3 Å². The molecule has 0 atom stereocenters. The van der Waals surface area contributed by atoms with E-state index in [1.807, 2.05) is 21.0 Å². The maximum Gasteiger partial charge on any atom is 0.274 e. The molecule has 2 rings (SSSR count). The third-order valence-corrected chi connectivity index (χ3v) is 4.17. The molecule has 1 amide bonds. The minimum atomic E-state index is -0.369. The zero-order chi connectivity index (χ0) is 18.4. The summed E-state index contributed by atoms with van der Waals surface area (Å²) in [6.45, 7) is 3.50. The van der Waals surface area contributed by atoms with Gasteiger partial charge in [-0.15, -0.1) is 0 Å². The molecule has 0 aliphatic carbocycles. The summed E-state index contributed by atoms with van der Waals surface area (Å²) in [5.74, 6) is 0.0621. The third-order valence-electron chi connectivity index (χ3n) is 3.35. The number of aromatic nitrogens is 2. The van der Waals surface area contributed by atoms with Gasteiger partial charge in [0.2, 0.25) is 5.95 Å². The van der Waals surface area contributed by atoms with Gasteiger partial charge in [-0.2, -0.15) is 0 Å². The molecule has 0 aliphatic heterocycles. The highest BCUT2D eigenvalue weighted by molar-refractivity contribution is 6.44. The maximum absolute atomic E-state index is 12.5. The van der Waals surface area contributed by atoms with E-state index in [1.165, 1.54) is 0 Å². The van der Waals surface area contributed by atoms with E-state index in [0.717, 1.165) is 19.5 Å². The first kappa shape index (κ1) is 19.4. The summed E-state index contributed by atoms with van der Waals surface area (Å²) in [6, 6.07) is 6.68.